The molecule has 2 heterocycles. The molecule has 0 aromatic carbocycles. The summed E-state index contributed by atoms with van der Waals surface area (Å²) in [6, 6.07) is 3.88. The zero-order valence-electron chi connectivity index (χ0n) is 10.3. The van der Waals surface area contributed by atoms with Gasteiger partial charge in [-0.05, 0) is 38.8 Å². The Hall–Kier alpha value is -0.870. The second-order valence-electron chi connectivity index (χ2n) is 4.80. The van der Waals surface area contributed by atoms with E-state index in [0.29, 0.717) is 6.54 Å². The van der Waals surface area contributed by atoms with Gasteiger partial charge in [-0.15, -0.1) is 11.3 Å². The monoisotopic (exact) mass is 253 g/mol. The van der Waals surface area contributed by atoms with Crippen molar-refractivity contribution in [2.75, 3.05) is 13.1 Å². The van der Waals surface area contributed by atoms with Gasteiger partial charge in [-0.2, -0.15) is 0 Å². The van der Waals surface area contributed by atoms with Gasteiger partial charge in [0.25, 0.3) is 5.91 Å². The Kier molecular flexibility index (Phi) is 3.84. The van der Waals surface area contributed by atoms with Crippen molar-refractivity contribution in [1.29, 1.82) is 0 Å². The van der Waals surface area contributed by atoms with Gasteiger partial charge in [-0.25, -0.2) is 0 Å². The lowest BCUT2D eigenvalue weighted by Gasteiger charge is -2.33. The molecule has 1 N–H and O–H groups in total. The lowest BCUT2D eigenvalue weighted by molar-refractivity contribution is 0.0469. The number of carbonyl (C=O) groups is 1. The van der Waals surface area contributed by atoms with Crippen molar-refractivity contribution in [1.82, 2.24) is 4.90 Å². The van der Waals surface area contributed by atoms with Crippen LogP contribution in [0.2, 0.25) is 0 Å². The van der Waals surface area contributed by atoms with Gasteiger partial charge in [0.05, 0.1) is 11.0 Å². The fourth-order valence-electron chi connectivity index (χ4n) is 2.29. The lowest BCUT2D eigenvalue weighted by Crippen LogP contribution is -2.42. The Morgan fingerprint density at radius 3 is 2.94 bits per heavy atom. The number of carbonyl (C=O) groups excluding carboxylic acids is 1. The van der Waals surface area contributed by atoms with Gasteiger partial charge in [0.1, 0.15) is 0 Å². The van der Waals surface area contributed by atoms with Crippen LogP contribution < -0.4 is 0 Å². The van der Waals surface area contributed by atoms with Gasteiger partial charge in [-0.3, -0.25) is 4.79 Å². The summed E-state index contributed by atoms with van der Waals surface area (Å²) in [5, 5.41) is 9.62. The first-order valence-corrected chi connectivity index (χ1v) is 6.93. The number of hydrogen-bond acceptors (Lipinski definition) is 3. The van der Waals surface area contributed by atoms with Gasteiger partial charge in [0.15, 0.2) is 0 Å². The zero-order chi connectivity index (χ0) is 12.4. The molecule has 2 rings (SSSR count). The number of hydrogen-bond donors (Lipinski definition) is 1. The van der Waals surface area contributed by atoms with Crippen LogP contribution in [0, 0.1) is 12.8 Å². The molecule has 17 heavy (non-hydrogen) atoms. The van der Waals surface area contributed by atoms with Crippen LogP contribution in [0.4, 0.5) is 0 Å². The van der Waals surface area contributed by atoms with Crippen LogP contribution in [-0.4, -0.2) is 35.1 Å². The smallest absolute Gasteiger partial charge is 0.263 e. The zero-order valence-corrected chi connectivity index (χ0v) is 11.2. The highest BCUT2D eigenvalue weighted by Crippen LogP contribution is 2.23. The molecule has 94 valence electrons. The van der Waals surface area contributed by atoms with E-state index in [1.807, 2.05) is 30.9 Å². The number of rotatable bonds is 2. The van der Waals surface area contributed by atoms with E-state index in [9.17, 15) is 9.90 Å². The maximum absolute atomic E-state index is 12.2. The molecular weight excluding hydrogens is 234 g/mol. The van der Waals surface area contributed by atoms with Crippen molar-refractivity contribution in [2.24, 2.45) is 5.92 Å². The lowest BCUT2D eigenvalue weighted by atomic mass is 9.93. The first kappa shape index (κ1) is 12.6. The predicted molar refractivity (Wildman–Crippen MR) is 69.4 cm³/mol. The van der Waals surface area contributed by atoms with Gasteiger partial charge in [0.2, 0.25) is 0 Å². The predicted octanol–water partition coefficient (Wildman–Crippen LogP) is 2.29. The van der Waals surface area contributed by atoms with Gasteiger partial charge >= 0.3 is 0 Å². The molecule has 0 radical (unpaired) electrons. The first-order valence-electron chi connectivity index (χ1n) is 6.11. The minimum atomic E-state index is -0.323. The van der Waals surface area contributed by atoms with Gasteiger partial charge < -0.3 is 10.0 Å². The fraction of sp³-hybridized carbons (Fsp3) is 0.615. The largest absolute Gasteiger partial charge is 0.393 e. The molecule has 4 heteroatoms. The maximum atomic E-state index is 12.2. The molecule has 0 saturated carbocycles. The van der Waals surface area contributed by atoms with Crippen molar-refractivity contribution in [3.05, 3.63) is 21.9 Å². The van der Waals surface area contributed by atoms with Crippen LogP contribution in [-0.2, 0) is 0 Å². The van der Waals surface area contributed by atoms with Gasteiger partial charge in [0, 0.05) is 23.9 Å². The van der Waals surface area contributed by atoms with E-state index in [1.54, 1.807) is 11.3 Å². The van der Waals surface area contributed by atoms with E-state index in [0.717, 1.165) is 29.1 Å². The SMILES string of the molecule is Cc1ccc(C(=O)N2CCCC(C(C)O)C2)s1. The number of aliphatic hydroxyl groups is 1. The number of piperidine rings is 1. The number of nitrogens with zero attached hydrogens (tertiary/aromatic N) is 1. The molecule has 1 aromatic rings. The van der Waals surface area contributed by atoms with Crippen molar-refractivity contribution >= 4 is 17.2 Å². The molecule has 3 nitrogen and oxygen atoms in total. The van der Waals surface area contributed by atoms with E-state index in [1.165, 1.54) is 0 Å². The Morgan fingerprint density at radius 2 is 2.35 bits per heavy atom. The molecule has 2 unspecified atom stereocenters. The molecule has 1 aliphatic rings. The third kappa shape index (κ3) is 2.87. The molecule has 1 amide bonds. The van der Waals surface area contributed by atoms with Crippen LogP contribution in [0.25, 0.3) is 0 Å². The molecule has 1 aromatic heterocycles. The van der Waals surface area contributed by atoms with E-state index in [2.05, 4.69) is 0 Å². The summed E-state index contributed by atoms with van der Waals surface area (Å²) >= 11 is 1.55. The number of thiophene rings is 1. The van der Waals surface area contributed by atoms with E-state index in [-0.39, 0.29) is 17.9 Å². The van der Waals surface area contributed by atoms with Crippen LogP contribution >= 0.6 is 11.3 Å². The molecule has 0 aliphatic carbocycles. The number of amides is 1. The molecule has 0 spiro atoms. The maximum Gasteiger partial charge on any atom is 0.263 e. The van der Waals surface area contributed by atoms with E-state index >= 15 is 0 Å². The quantitative estimate of drug-likeness (QED) is 0.878. The average Bonchev–Trinajstić information content (AvgIpc) is 2.75. The second kappa shape index (κ2) is 5.19. The van der Waals surface area contributed by atoms with Crippen LogP contribution in [0.1, 0.15) is 34.3 Å². The van der Waals surface area contributed by atoms with Crippen LogP contribution in [0.5, 0.6) is 0 Å². The van der Waals surface area contributed by atoms with Crippen molar-refractivity contribution in [3.63, 3.8) is 0 Å². The Labute approximate surface area is 106 Å². The van der Waals surface area contributed by atoms with Crippen LogP contribution in [0.3, 0.4) is 0 Å². The molecule has 1 saturated heterocycles. The Bertz CT molecular complexity index is 400. The highest BCUT2D eigenvalue weighted by atomic mass is 32.1. The number of likely N-dealkylation sites (tertiary alicyclic amines) is 1. The molecule has 0 bridgehead atoms. The summed E-state index contributed by atoms with van der Waals surface area (Å²) < 4.78 is 0. The normalized spacial score (nSPS) is 22.5. The van der Waals surface area contributed by atoms with Crippen molar-refractivity contribution < 1.29 is 9.90 Å². The number of aliphatic hydroxyl groups excluding tert-OH is 1. The number of aryl methyl sites for hydroxylation is 1. The summed E-state index contributed by atoms with van der Waals surface area (Å²) in [5.41, 5.74) is 0. The van der Waals surface area contributed by atoms with E-state index < -0.39 is 0 Å². The third-order valence-corrected chi connectivity index (χ3v) is 4.37. The standard InChI is InChI=1S/C13H19NO2S/c1-9-5-6-12(17-9)13(16)14-7-3-4-11(8-14)10(2)15/h5-6,10-11,15H,3-4,7-8H2,1-2H3. The summed E-state index contributed by atoms with van der Waals surface area (Å²) in [6.45, 7) is 5.33. The summed E-state index contributed by atoms with van der Waals surface area (Å²) in [5.74, 6) is 0.349. The summed E-state index contributed by atoms with van der Waals surface area (Å²) in [4.78, 5) is 16.1. The highest BCUT2D eigenvalue weighted by molar-refractivity contribution is 7.13. The van der Waals surface area contributed by atoms with Crippen LogP contribution in [0.15, 0.2) is 12.1 Å². The van der Waals surface area contributed by atoms with E-state index in [4.69, 9.17) is 0 Å². The van der Waals surface area contributed by atoms with Gasteiger partial charge in [-0.1, -0.05) is 0 Å². The van der Waals surface area contributed by atoms with Crippen molar-refractivity contribution in [3.8, 4) is 0 Å². The highest BCUT2D eigenvalue weighted by Gasteiger charge is 2.27. The minimum absolute atomic E-state index is 0.119. The first-order chi connectivity index (χ1) is 8.08. The molecular formula is C13H19NO2S. The summed E-state index contributed by atoms with van der Waals surface area (Å²) in [6.07, 6.45) is 1.69. The molecule has 1 aliphatic heterocycles. The Balaban J connectivity index is 2.04. The Morgan fingerprint density at radius 1 is 1.59 bits per heavy atom. The minimum Gasteiger partial charge on any atom is -0.393 e. The topological polar surface area (TPSA) is 40.5 Å². The fourth-order valence-corrected chi connectivity index (χ4v) is 3.13. The molecule has 1 fully saturated rings. The van der Waals surface area contributed by atoms with Crippen molar-refractivity contribution in [2.45, 2.75) is 32.8 Å². The molecule has 2 atom stereocenters. The summed E-state index contributed by atoms with van der Waals surface area (Å²) in [7, 11) is 0. The average molecular weight is 253 g/mol. The second-order valence-corrected chi connectivity index (χ2v) is 6.09. The third-order valence-electron chi connectivity index (χ3n) is 3.38.